The molecule has 108 valence electrons. The molecule has 2 saturated heterocycles. The minimum absolute atomic E-state index is 0.127. The van der Waals surface area contributed by atoms with Gasteiger partial charge in [-0.25, -0.2) is 0 Å². The normalized spacial score (nSPS) is 24.2. The molecule has 2 unspecified atom stereocenters. The maximum Gasteiger partial charge on any atom is 0.223 e. The Labute approximate surface area is 120 Å². The van der Waals surface area contributed by atoms with Crippen molar-refractivity contribution in [1.82, 2.24) is 10.6 Å². The highest BCUT2D eigenvalue weighted by molar-refractivity contribution is 5.79. The number of hydrogen-bond donors (Lipinski definition) is 2. The van der Waals surface area contributed by atoms with Gasteiger partial charge in [0.1, 0.15) is 0 Å². The van der Waals surface area contributed by atoms with Gasteiger partial charge in [-0.2, -0.15) is 0 Å². The number of amides is 1. The van der Waals surface area contributed by atoms with Crippen LogP contribution in [-0.4, -0.2) is 38.1 Å². The first-order chi connectivity index (χ1) is 9.74. The van der Waals surface area contributed by atoms with Crippen molar-refractivity contribution < 1.29 is 4.79 Å². The molecule has 2 fully saturated rings. The molecular weight excluding hydrogens is 250 g/mol. The second kappa shape index (κ2) is 5.83. The van der Waals surface area contributed by atoms with Gasteiger partial charge >= 0.3 is 0 Å². The van der Waals surface area contributed by atoms with Gasteiger partial charge in [-0.05, 0) is 37.6 Å². The lowest BCUT2D eigenvalue weighted by molar-refractivity contribution is -0.127. The molecule has 0 saturated carbocycles. The molecule has 0 aliphatic carbocycles. The van der Waals surface area contributed by atoms with Gasteiger partial charge in [-0.3, -0.25) is 4.79 Å². The molecular formula is C16H23N3O. The minimum Gasteiger partial charge on any atom is -0.369 e. The molecule has 0 spiro atoms. The first kappa shape index (κ1) is 13.4. The van der Waals surface area contributed by atoms with Crippen LogP contribution >= 0.6 is 0 Å². The number of rotatable bonds is 4. The smallest absolute Gasteiger partial charge is 0.223 e. The van der Waals surface area contributed by atoms with E-state index < -0.39 is 0 Å². The zero-order chi connectivity index (χ0) is 13.9. The molecule has 0 bridgehead atoms. The molecule has 2 aliphatic rings. The molecule has 4 nitrogen and oxygen atoms in total. The zero-order valence-electron chi connectivity index (χ0n) is 12.0. The van der Waals surface area contributed by atoms with Crippen LogP contribution in [0.1, 0.15) is 13.3 Å². The molecule has 1 aromatic carbocycles. The van der Waals surface area contributed by atoms with Gasteiger partial charge in [-0.1, -0.05) is 25.1 Å². The number of hydrogen-bond acceptors (Lipinski definition) is 3. The van der Waals surface area contributed by atoms with Crippen LogP contribution in [0.5, 0.6) is 0 Å². The highest BCUT2D eigenvalue weighted by atomic mass is 16.2. The highest BCUT2D eigenvalue weighted by Crippen LogP contribution is 2.21. The SMILES string of the molecule is CC(C(=O)NC1CCN(c2ccccc2)C1)C1CNC1. The Bertz CT molecular complexity index is 458. The molecule has 0 aromatic heterocycles. The summed E-state index contributed by atoms with van der Waals surface area (Å²) in [7, 11) is 0. The van der Waals surface area contributed by atoms with E-state index in [1.54, 1.807) is 0 Å². The maximum atomic E-state index is 12.2. The van der Waals surface area contributed by atoms with Crippen molar-refractivity contribution in [2.75, 3.05) is 31.1 Å². The summed E-state index contributed by atoms with van der Waals surface area (Å²) in [4.78, 5) is 14.6. The molecule has 1 aromatic rings. The first-order valence-electron chi connectivity index (χ1n) is 7.55. The Morgan fingerprint density at radius 1 is 1.35 bits per heavy atom. The average Bonchev–Trinajstić information content (AvgIpc) is 2.86. The standard InChI is InChI=1S/C16H23N3O/c1-12(13-9-17-10-13)16(20)18-14-7-8-19(11-14)15-5-3-2-4-6-15/h2-6,12-14,17H,7-11H2,1H3,(H,18,20). The van der Waals surface area contributed by atoms with Crippen LogP contribution in [0.25, 0.3) is 0 Å². The van der Waals surface area contributed by atoms with Crippen molar-refractivity contribution >= 4 is 11.6 Å². The maximum absolute atomic E-state index is 12.2. The van der Waals surface area contributed by atoms with Gasteiger partial charge in [-0.15, -0.1) is 0 Å². The van der Waals surface area contributed by atoms with Crippen LogP contribution < -0.4 is 15.5 Å². The highest BCUT2D eigenvalue weighted by Gasteiger charge is 2.31. The molecule has 2 aliphatic heterocycles. The molecule has 20 heavy (non-hydrogen) atoms. The Morgan fingerprint density at radius 2 is 2.10 bits per heavy atom. The van der Waals surface area contributed by atoms with Crippen molar-refractivity contribution in [3.63, 3.8) is 0 Å². The van der Waals surface area contributed by atoms with E-state index in [9.17, 15) is 4.79 Å². The number of carbonyl (C=O) groups excluding carboxylic acids is 1. The lowest BCUT2D eigenvalue weighted by Crippen LogP contribution is -2.51. The summed E-state index contributed by atoms with van der Waals surface area (Å²) in [5, 5.41) is 6.45. The van der Waals surface area contributed by atoms with Crippen molar-refractivity contribution in [3.05, 3.63) is 30.3 Å². The third kappa shape index (κ3) is 2.80. The van der Waals surface area contributed by atoms with Crippen LogP contribution in [0.3, 0.4) is 0 Å². The van der Waals surface area contributed by atoms with Crippen LogP contribution in [0, 0.1) is 11.8 Å². The molecule has 0 radical (unpaired) electrons. The lowest BCUT2D eigenvalue weighted by atomic mass is 9.88. The number of nitrogens with one attached hydrogen (secondary N) is 2. The van der Waals surface area contributed by atoms with E-state index in [-0.39, 0.29) is 17.9 Å². The second-order valence-corrected chi connectivity index (χ2v) is 5.98. The summed E-state index contributed by atoms with van der Waals surface area (Å²) in [6, 6.07) is 10.7. The Balaban J connectivity index is 1.51. The van der Waals surface area contributed by atoms with E-state index in [0.717, 1.165) is 32.6 Å². The third-order valence-electron chi connectivity index (χ3n) is 4.59. The first-order valence-corrected chi connectivity index (χ1v) is 7.55. The van der Waals surface area contributed by atoms with E-state index in [1.807, 2.05) is 13.0 Å². The van der Waals surface area contributed by atoms with Gasteiger partial charge in [0.15, 0.2) is 0 Å². The Morgan fingerprint density at radius 3 is 2.75 bits per heavy atom. The van der Waals surface area contributed by atoms with Crippen LogP contribution in [0.15, 0.2) is 30.3 Å². The van der Waals surface area contributed by atoms with Gasteiger partial charge < -0.3 is 15.5 Å². The van der Waals surface area contributed by atoms with Crippen molar-refractivity contribution in [3.8, 4) is 0 Å². The fourth-order valence-electron chi connectivity index (χ4n) is 2.96. The fourth-order valence-corrected chi connectivity index (χ4v) is 2.96. The Hall–Kier alpha value is -1.55. The van der Waals surface area contributed by atoms with E-state index >= 15 is 0 Å². The van der Waals surface area contributed by atoms with Gasteiger partial charge in [0.05, 0.1) is 0 Å². The average molecular weight is 273 g/mol. The number of benzene rings is 1. The number of para-hydroxylation sites is 1. The molecule has 4 heteroatoms. The van der Waals surface area contributed by atoms with Crippen LogP contribution in [0.2, 0.25) is 0 Å². The van der Waals surface area contributed by atoms with Gasteiger partial charge in [0, 0.05) is 30.7 Å². The fraction of sp³-hybridized carbons (Fsp3) is 0.562. The minimum atomic E-state index is 0.127. The molecule has 2 heterocycles. The third-order valence-corrected chi connectivity index (χ3v) is 4.59. The van der Waals surface area contributed by atoms with Crippen molar-refractivity contribution in [1.29, 1.82) is 0 Å². The topological polar surface area (TPSA) is 44.4 Å². The summed E-state index contributed by atoms with van der Waals surface area (Å²) in [6.45, 7) is 5.95. The summed E-state index contributed by atoms with van der Waals surface area (Å²) in [5.74, 6) is 0.861. The van der Waals surface area contributed by atoms with E-state index in [0.29, 0.717) is 5.92 Å². The van der Waals surface area contributed by atoms with Crippen LogP contribution in [-0.2, 0) is 4.79 Å². The van der Waals surface area contributed by atoms with E-state index in [1.165, 1.54) is 5.69 Å². The lowest BCUT2D eigenvalue weighted by Gasteiger charge is -2.32. The number of carbonyl (C=O) groups is 1. The van der Waals surface area contributed by atoms with Gasteiger partial charge in [0.25, 0.3) is 0 Å². The van der Waals surface area contributed by atoms with E-state index in [2.05, 4.69) is 39.8 Å². The molecule has 3 rings (SSSR count). The monoisotopic (exact) mass is 273 g/mol. The molecule has 2 atom stereocenters. The van der Waals surface area contributed by atoms with Crippen molar-refractivity contribution in [2.45, 2.75) is 19.4 Å². The summed E-state index contributed by atoms with van der Waals surface area (Å²) in [5.41, 5.74) is 1.25. The molecule has 1 amide bonds. The van der Waals surface area contributed by atoms with E-state index in [4.69, 9.17) is 0 Å². The number of anilines is 1. The number of nitrogens with zero attached hydrogens (tertiary/aromatic N) is 1. The quantitative estimate of drug-likeness (QED) is 0.867. The zero-order valence-corrected chi connectivity index (χ0v) is 12.0. The summed E-state index contributed by atoms with van der Waals surface area (Å²) in [6.07, 6.45) is 1.04. The second-order valence-electron chi connectivity index (χ2n) is 5.98. The largest absolute Gasteiger partial charge is 0.369 e. The predicted octanol–water partition coefficient (Wildman–Crippen LogP) is 1.24. The molecule has 2 N–H and O–H groups in total. The van der Waals surface area contributed by atoms with Gasteiger partial charge in [0.2, 0.25) is 5.91 Å². The van der Waals surface area contributed by atoms with Crippen molar-refractivity contribution in [2.24, 2.45) is 11.8 Å². The predicted molar refractivity (Wildman–Crippen MR) is 80.7 cm³/mol. The summed E-state index contributed by atoms with van der Waals surface area (Å²) >= 11 is 0. The summed E-state index contributed by atoms with van der Waals surface area (Å²) < 4.78 is 0. The Kier molecular flexibility index (Phi) is 3.92. The van der Waals surface area contributed by atoms with Crippen LogP contribution in [0.4, 0.5) is 5.69 Å².